The maximum atomic E-state index is 10.7. The summed E-state index contributed by atoms with van der Waals surface area (Å²) in [5.41, 5.74) is 0.375. The zero-order valence-electron chi connectivity index (χ0n) is 5.47. The predicted octanol–water partition coefficient (Wildman–Crippen LogP) is 2.23. The molecule has 1 radical (unpaired) electrons. The van der Waals surface area contributed by atoms with Crippen molar-refractivity contribution in [2.75, 3.05) is 6.26 Å². The maximum Gasteiger partial charge on any atom is 0.129 e. The van der Waals surface area contributed by atoms with E-state index in [1.807, 2.05) is 20.1 Å². The first-order chi connectivity index (χ1) is 3.18. The van der Waals surface area contributed by atoms with Crippen molar-refractivity contribution < 1.29 is 37.3 Å². The molecule has 0 heterocycles. The molecule has 0 rings (SSSR count). The van der Waals surface area contributed by atoms with Crippen LogP contribution in [-0.4, -0.2) is 11.9 Å². The van der Waals surface area contributed by atoms with Crippen molar-refractivity contribution in [2.24, 2.45) is 0 Å². The van der Waals surface area contributed by atoms with Gasteiger partial charge >= 0.3 is 0 Å². The fourth-order valence-electron chi connectivity index (χ4n) is 0.236. The van der Waals surface area contributed by atoms with E-state index in [4.69, 9.17) is 0 Å². The molecule has 0 aliphatic carbocycles. The average Bonchev–Trinajstić information content (AvgIpc) is 1.65. The first kappa shape index (κ1) is 12.4. The van der Waals surface area contributed by atoms with Crippen LogP contribution < -0.4 is 0 Å². The normalized spacial score (nSPS) is 13.0. The number of hydrogen-bond donors (Lipinski definition) is 0. The van der Waals surface area contributed by atoms with E-state index in [1.165, 1.54) is 11.4 Å². The summed E-state index contributed by atoms with van der Waals surface area (Å²) in [5, 5.41) is 0. The van der Waals surface area contributed by atoms with E-state index < -0.39 is 7.00 Å². The molecule has 0 aromatic rings. The van der Waals surface area contributed by atoms with Gasteiger partial charge in [-0.2, -0.15) is 0 Å². The number of hydrogen-bond acceptors (Lipinski definition) is 2. The molecule has 0 aromatic carbocycles. The van der Waals surface area contributed by atoms with Crippen LogP contribution in [0.3, 0.4) is 0 Å². The Kier molecular flexibility index (Phi) is 10.5. The summed E-state index contributed by atoms with van der Waals surface area (Å²) in [4.78, 5) is 0. The molecule has 0 amide bonds. The standard InChI is InChI=1S/C4H11OPS.Y/c1-4(2)6(5)7-3;/h4,6H,1-3H3;. The topological polar surface area (TPSA) is 17.1 Å². The molecular formula is C4H11OPSY. The first-order valence-corrected chi connectivity index (χ1v) is 5.69. The Bertz CT molecular complexity index is 76.4. The SMILES string of the molecule is CS[PH](=O)C(C)C.[Y]. The Hall–Kier alpha value is 1.68. The quantitative estimate of drug-likeness (QED) is 0.673. The molecule has 0 saturated carbocycles. The average molecular weight is 227 g/mol. The van der Waals surface area contributed by atoms with Crippen molar-refractivity contribution in [3.63, 3.8) is 0 Å². The molecule has 0 aromatic heterocycles. The van der Waals surface area contributed by atoms with Gasteiger partial charge < -0.3 is 4.57 Å². The molecule has 8 heavy (non-hydrogen) atoms. The molecule has 0 bridgehead atoms. The zero-order chi connectivity index (χ0) is 5.86. The maximum absolute atomic E-state index is 10.7. The van der Waals surface area contributed by atoms with Crippen LogP contribution in [0.5, 0.6) is 0 Å². The van der Waals surface area contributed by atoms with Crippen LogP contribution in [0.15, 0.2) is 0 Å². The van der Waals surface area contributed by atoms with Crippen LogP contribution in [0.2, 0.25) is 0 Å². The van der Waals surface area contributed by atoms with E-state index in [0.717, 1.165) is 0 Å². The molecule has 0 spiro atoms. The minimum Gasteiger partial charge on any atom is -0.315 e. The molecule has 1 unspecified atom stereocenters. The van der Waals surface area contributed by atoms with Gasteiger partial charge in [-0.25, -0.2) is 0 Å². The second-order valence-corrected chi connectivity index (χ2v) is 6.31. The molecule has 0 aliphatic rings. The van der Waals surface area contributed by atoms with Gasteiger partial charge in [-0.1, -0.05) is 13.8 Å². The third kappa shape index (κ3) is 5.81. The van der Waals surface area contributed by atoms with Gasteiger partial charge in [0.15, 0.2) is 0 Å². The Morgan fingerprint density at radius 1 is 1.50 bits per heavy atom. The van der Waals surface area contributed by atoms with Crippen LogP contribution in [0, 0.1) is 0 Å². The van der Waals surface area contributed by atoms with E-state index >= 15 is 0 Å². The van der Waals surface area contributed by atoms with Gasteiger partial charge in [0.2, 0.25) is 0 Å². The van der Waals surface area contributed by atoms with Crippen molar-refractivity contribution >= 4 is 18.4 Å². The second kappa shape index (κ2) is 6.80. The van der Waals surface area contributed by atoms with Crippen molar-refractivity contribution in [3.05, 3.63) is 0 Å². The zero-order valence-corrected chi connectivity index (χ0v) is 10.1. The van der Waals surface area contributed by atoms with Gasteiger partial charge in [0.25, 0.3) is 0 Å². The Labute approximate surface area is 80.8 Å². The summed E-state index contributed by atoms with van der Waals surface area (Å²) in [5.74, 6) is 0. The van der Waals surface area contributed by atoms with Gasteiger partial charge in [-0.15, -0.1) is 11.4 Å². The molecular weight excluding hydrogens is 216 g/mol. The summed E-state index contributed by atoms with van der Waals surface area (Å²) in [7, 11) is -1.28. The van der Waals surface area contributed by atoms with Crippen LogP contribution in [0.1, 0.15) is 13.8 Å². The van der Waals surface area contributed by atoms with Crippen LogP contribution in [0.4, 0.5) is 0 Å². The van der Waals surface area contributed by atoms with Crippen LogP contribution in [-0.2, 0) is 37.3 Å². The Balaban J connectivity index is 0. The van der Waals surface area contributed by atoms with Gasteiger partial charge in [0, 0.05) is 38.4 Å². The molecule has 4 heteroatoms. The van der Waals surface area contributed by atoms with Gasteiger partial charge in [-0.05, 0) is 6.26 Å². The van der Waals surface area contributed by atoms with Crippen LogP contribution in [0.25, 0.3) is 0 Å². The van der Waals surface area contributed by atoms with Gasteiger partial charge in [0.05, 0.1) is 0 Å². The second-order valence-electron chi connectivity index (χ2n) is 1.68. The summed E-state index contributed by atoms with van der Waals surface area (Å²) in [6, 6.07) is 0. The van der Waals surface area contributed by atoms with E-state index in [-0.39, 0.29) is 32.7 Å². The van der Waals surface area contributed by atoms with E-state index in [9.17, 15) is 4.57 Å². The van der Waals surface area contributed by atoms with Crippen molar-refractivity contribution in [1.82, 2.24) is 0 Å². The fraction of sp³-hybridized carbons (Fsp3) is 1.00. The summed E-state index contributed by atoms with van der Waals surface area (Å²) in [6.45, 7) is 3.97. The summed E-state index contributed by atoms with van der Waals surface area (Å²) in [6.07, 6.45) is 1.89. The smallest absolute Gasteiger partial charge is 0.129 e. The van der Waals surface area contributed by atoms with E-state index in [1.54, 1.807) is 0 Å². The molecule has 47 valence electrons. The predicted molar refractivity (Wildman–Crippen MR) is 37.7 cm³/mol. The molecule has 0 saturated heterocycles. The van der Waals surface area contributed by atoms with Gasteiger partial charge in [0.1, 0.15) is 7.00 Å². The van der Waals surface area contributed by atoms with Crippen molar-refractivity contribution in [3.8, 4) is 0 Å². The minimum absolute atomic E-state index is 0. The fourth-order valence-corrected chi connectivity index (χ4v) is 2.12. The van der Waals surface area contributed by atoms with Crippen molar-refractivity contribution in [2.45, 2.75) is 19.5 Å². The monoisotopic (exact) mass is 227 g/mol. The molecule has 0 fully saturated rings. The summed E-state index contributed by atoms with van der Waals surface area (Å²) < 4.78 is 10.7. The molecule has 0 N–H and O–H groups in total. The Morgan fingerprint density at radius 3 is 1.88 bits per heavy atom. The van der Waals surface area contributed by atoms with E-state index in [2.05, 4.69) is 0 Å². The third-order valence-corrected chi connectivity index (χ3v) is 4.64. The molecule has 1 atom stereocenters. The summed E-state index contributed by atoms with van der Waals surface area (Å²) >= 11 is 1.48. The third-order valence-electron chi connectivity index (χ3n) is 0.673. The minimum atomic E-state index is -1.28. The number of rotatable bonds is 2. The largest absolute Gasteiger partial charge is 0.315 e. The van der Waals surface area contributed by atoms with Crippen molar-refractivity contribution in [1.29, 1.82) is 0 Å². The molecule has 0 aliphatic heterocycles. The van der Waals surface area contributed by atoms with Gasteiger partial charge in [-0.3, -0.25) is 0 Å². The Morgan fingerprint density at radius 2 is 1.88 bits per heavy atom. The first-order valence-electron chi connectivity index (χ1n) is 2.26. The molecule has 1 nitrogen and oxygen atoms in total. The van der Waals surface area contributed by atoms with Crippen LogP contribution >= 0.6 is 18.4 Å². The van der Waals surface area contributed by atoms with E-state index in [0.29, 0.717) is 5.66 Å².